The van der Waals surface area contributed by atoms with Crippen LogP contribution in [0.15, 0.2) is 27.5 Å². The van der Waals surface area contributed by atoms with Gasteiger partial charge in [0.25, 0.3) is 0 Å². The number of ether oxygens (including phenoxy) is 1. The highest BCUT2D eigenvalue weighted by atomic mass is 16.5. The summed E-state index contributed by atoms with van der Waals surface area (Å²) < 4.78 is 12.8. The quantitative estimate of drug-likeness (QED) is 0.934. The summed E-state index contributed by atoms with van der Waals surface area (Å²) >= 11 is 0. The van der Waals surface area contributed by atoms with Crippen molar-refractivity contribution < 1.29 is 9.15 Å². The van der Waals surface area contributed by atoms with E-state index < -0.39 is 0 Å². The summed E-state index contributed by atoms with van der Waals surface area (Å²) in [5.74, 6) is -0.363. The topological polar surface area (TPSA) is 69.3 Å². The van der Waals surface area contributed by atoms with E-state index in [-0.39, 0.29) is 23.0 Å². The van der Waals surface area contributed by atoms with Gasteiger partial charge in [0, 0.05) is 25.3 Å². The molecule has 0 aliphatic carbocycles. The zero-order chi connectivity index (χ0) is 16.0. The monoisotopic (exact) mass is 305 g/mol. The molecule has 0 radical (unpaired) electrons. The molecule has 1 N–H and O–H groups in total. The molecule has 1 aliphatic rings. The molecule has 1 aliphatic heterocycles. The third-order valence-corrected chi connectivity index (χ3v) is 4.22. The average molecular weight is 305 g/mol. The van der Waals surface area contributed by atoms with Crippen molar-refractivity contribution in [1.82, 2.24) is 14.9 Å². The van der Waals surface area contributed by atoms with Gasteiger partial charge >= 0.3 is 5.76 Å². The van der Waals surface area contributed by atoms with Crippen molar-refractivity contribution >= 4 is 11.2 Å². The first-order valence-corrected chi connectivity index (χ1v) is 7.66. The fraction of sp³-hybridized carbons (Fsp3) is 0.625. The summed E-state index contributed by atoms with van der Waals surface area (Å²) in [6.45, 7) is 9.60. The van der Waals surface area contributed by atoms with Crippen molar-refractivity contribution in [2.75, 3.05) is 6.54 Å². The average Bonchev–Trinajstić information content (AvgIpc) is 2.83. The maximum absolute atomic E-state index is 11.9. The van der Waals surface area contributed by atoms with E-state index in [1.54, 1.807) is 22.9 Å². The molecule has 1 fully saturated rings. The van der Waals surface area contributed by atoms with Crippen LogP contribution in [0.4, 0.5) is 0 Å². The fourth-order valence-electron chi connectivity index (χ4n) is 3.33. The molecule has 1 atom stereocenters. The summed E-state index contributed by atoms with van der Waals surface area (Å²) in [6, 6.07) is 3.77. The molecule has 0 amide bonds. The number of oxazole rings is 1. The van der Waals surface area contributed by atoms with Crippen molar-refractivity contribution in [3.63, 3.8) is 0 Å². The van der Waals surface area contributed by atoms with Crippen LogP contribution in [-0.2, 0) is 11.3 Å². The van der Waals surface area contributed by atoms with Gasteiger partial charge in [0.05, 0.1) is 11.2 Å². The summed E-state index contributed by atoms with van der Waals surface area (Å²) in [6.07, 6.45) is 2.61. The number of aromatic nitrogens is 2. The smallest absolute Gasteiger partial charge is 0.406 e. The molecule has 2 aromatic heterocycles. The number of hydrogen-bond donors (Lipinski definition) is 1. The van der Waals surface area contributed by atoms with Crippen LogP contribution < -0.4 is 11.1 Å². The number of nitrogens with one attached hydrogen (secondary N) is 1. The Morgan fingerprint density at radius 2 is 2.18 bits per heavy atom. The van der Waals surface area contributed by atoms with Gasteiger partial charge in [-0.25, -0.2) is 9.78 Å². The van der Waals surface area contributed by atoms with Gasteiger partial charge in [-0.2, -0.15) is 0 Å². The molecular weight excluding hydrogens is 282 g/mol. The van der Waals surface area contributed by atoms with Crippen LogP contribution in [-0.4, -0.2) is 33.3 Å². The second kappa shape index (κ2) is 5.21. The second-order valence-corrected chi connectivity index (χ2v) is 7.02. The van der Waals surface area contributed by atoms with E-state index in [0.29, 0.717) is 24.3 Å². The van der Waals surface area contributed by atoms with Crippen LogP contribution in [0.2, 0.25) is 0 Å². The van der Waals surface area contributed by atoms with Gasteiger partial charge in [-0.05, 0) is 46.2 Å². The van der Waals surface area contributed by atoms with Crippen molar-refractivity contribution in [3.05, 3.63) is 28.9 Å². The van der Waals surface area contributed by atoms with Gasteiger partial charge in [0.2, 0.25) is 0 Å². The molecule has 6 heteroatoms. The lowest BCUT2D eigenvalue weighted by molar-refractivity contribution is -0.0698. The van der Waals surface area contributed by atoms with Gasteiger partial charge in [-0.1, -0.05) is 0 Å². The Kier molecular flexibility index (Phi) is 3.61. The SMILES string of the molecule is CC1(C)C[C@H](NCCn2c(=O)oc3cccnc32)C(C)(C)O1. The molecule has 0 unspecified atom stereocenters. The minimum Gasteiger partial charge on any atom is -0.406 e. The van der Waals surface area contributed by atoms with Crippen LogP contribution in [0, 0.1) is 0 Å². The molecule has 0 bridgehead atoms. The summed E-state index contributed by atoms with van der Waals surface area (Å²) in [5, 5.41) is 3.50. The van der Waals surface area contributed by atoms with Gasteiger partial charge in [-0.3, -0.25) is 4.57 Å². The number of hydrogen-bond acceptors (Lipinski definition) is 5. The molecule has 6 nitrogen and oxygen atoms in total. The van der Waals surface area contributed by atoms with E-state index in [1.807, 2.05) is 0 Å². The normalized spacial score (nSPS) is 23.2. The Morgan fingerprint density at radius 3 is 2.86 bits per heavy atom. The Bertz CT molecular complexity index is 730. The molecule has 120 valence electrons. The summed E-state index contributed by atoms with van der Waals surface area (Å²) in [7, 11) is 0. The predicted octanol–water partition coefficient (Wildman–Crippen LogP) is 1.93. The van der Waals surface area contributed by atoms with E-state index in [0.717, 1.165) is 6.42 Å². The van der Waals surface area contributed by atoms with Gasteiger partial charge < -0.3 is 14.5 Å². The molecule has 3 heterocycles. The molecule has 3 rings (SSSR count). The van der Waals surface area contributed by atoms with Crippen molar-refractivity contribution in [3.8, 4) is 0 Å². The zero-order valence-electron chi connectivity index (χ0n) is 13.5. The largest absolute Gasteiger partial charge is 0.421 e. The Labute approximate surface area is 129 Å². The first-order chi connectivity index (χ1) is 10.3. The summed E-state index contributed by atoms with van der Waals surface area (Å²) in [5.41, 5.74) is 0.780. The molecule has 2 aromatic rings. The standard InChI is InChI=1S/C16H23N3O3/c1-15(2)10-12(16(3,4)22-15)17-8-9-19-13-11(21-14(19)20)6-5-7-18-13/h5-7,12,17H,8-10H2,1-4H3/t12-/m0/s1. The predicted molar refractivity (Wildman–Crippen MR) is 83.9 cm³/mol. The highest BCUT2D eigenvalue weighted by Gasteiger charge is 2.45. The maximum atomic E-state index is 11.9. The van der Waals surface area contributed by atoms with Crippen molar-refractivity contribution in [2.45, 2.75) is 57.9 Å². The molecule has 22 heavy (non-hydrogen) atoms. The van der Waals surface area contributed by atoms with Crippen LogP contribution in [0.3, 0.4) is 0 Å². The lowest BCUT2D eigenvalue weighted by Gasteiger charge is -2.27. The van der Waals surface area contributed by atoms with Crippen molar-refractivity contribution in [1.29, 1.82) is 0 Å². The van der Waals surface area contributed by atoms with E-state index in [2.05, 4.69) is 38.0 Å². The third kappa shape index (κ3) is 2.80. The van der Waals surface area contributed by atoms with E-state index in [1.165, 1.54) is 0 Å². The van der Waals surface area contributed by atoms with Gasteiger partial charge in [0.1, 0.15) is 0 Å². The number of rotatable bonds is 4. The molecule has 0 spiro atoms. The van der Waals surface area contributed by atoms with Crippen LogP contribution >= 0.6 is 0 Å². The number of nitrogens with zero attached hydrogens (tertiary/aromatic N) is 2. The van der Waals surface area contributed by atoms with E-state index >= 15 is 0 Å². The lowest BCUT2D eigenvalue weighted by Crippen LogP contribution is -2.44. The highest BCUT2D eigenvalue weighted by molar-refractivity contribution is 5.67. The van der Waals surface area contributed by atoms with Crippen LogP contribution in [0.25, 0.3) is 11.2 Å². The zero-order valence-corrected chi connectivity index (χ0v) is 13.5. The van der Waals surface area contributed by atoms with Gasteiger partial charge in [-0.15, -0.1) is 0 Å². The fourth-order valence-corrected chi connectivity index (χ4v) is 3.33. The number of fused-ring (bicyclic) bond motifs is 1. The minimum absolute atomic E-state index is 0.123. The van der Waals surface area contributed by atoms with E-state index in [9.17, 15) is 4.79 Å². The summed E-state index contributed by atoms with van der Waals surface area (Å²) in [4.78, 5) is 16.1. The highest BCUT2D eigenvalue weighted by Crippen LogP contribution is 2.37. The second-order valence-electron chi connectivity index (χ2n) is 7.02. The first kappa shape index (κ1) is 15.2. The Balaban J connectivity index is 1.68. The maximum Gasteiger partial charge on any atom is 0.421 e. The van der Waals surface area contributed by atoms with E-state index in [4.69, 9.17) is 9.15 Å². The van der Waals surface area contributed by atoms with Crippen LogP contribution in [0.1, 0.15) is 34.1 Å². The minimum atomic E-state index is -0.363. The Morgan fingerprint density at radius 1 is 1.41 bits per heavy atom. The number of pyridine rings is 1. The molecule has 0 aromatic carbocycles. The third-order valence-electron chi connectivity index (χ3n) is 4.22. The lowest BCUT2D eigenvalue weighted by atomic mass is 9.94. The van der Waals surface area contributed by atoms with Gasteiger partial charge in [0.15, 0.2) is 11.2 Å². The van der Waals surface area contributed by atoms with Crippen LogP contribution in [0.5, 0.6) is 0 Å². The molecule has 0 saturated carbocycles. The molecule has 1 saturated heterocycles. The van der Waals surface area contributed by atoms with Crippen molar-refractivity contribution in [2.24, 2.45) is 0 Å². The molecular formula is C16H23N3O3. The Hall–Kier alpha value is -1.66. The first-order valence-electron chi connectivity index (χ1n) is 7.66.